The number of hydrogen-bond donors (Lipinski definition) is 1. The van der Waals surface area contributed by atoms with E-state index in [4.69, 9.17) is 16.3 Å². The molecule has 1 N–H and O–H groups in total. The average Bonchev–Trinajstić information content (AvgIpc) is 2.95. The van der Waals surface area contributed by atoms with Gasteiger partial charge in [-0.2, -0.15) is 0 Å². The molecule has 0 aliphatic heterocycles. The standard InChI is InChI=1S/C31H38ClN3O5S/c1-7-23(4)33-31(37)24(5)34(19-25-11-9-8-10-22(25)3)30(36)20-35(28-18-26(32)14-17-29(28)40-6)41(38,39)27-15-12-21(2)13-16-27/h8-18,23-24H,7,19-20H2,1-6H3,(H,33,37)/t23-,24-/m0/s1. The molecule has 10 heteroatoms. The van der Waals surface area contributed by atoms with Crippen LogP contribution in [0.15, 0.2) is 71.6 Å². The van der Waals surface area contributed by atoms with Gasteiger partial charge in [-0.25, -0.2) is 8.42 Å². The molecule has 3 aromatic rings. The normalized spacial score (nSPS) is 12.8. The fourth-order valence-corrected chi connectivity index (χ4v) is 5.81. The lowest BCUT2D eigenvalue weighted by atomic mass is 10.1. The van der Waals surface area contributed by atoms with Crippen LogP contribution in [-0.2, 0) is 26.2 Å². The van der Waals surface area contributed by atoms with Crippen LogP contribution in [0.25, 0.3) is 0 Å². The number of ether oxygens (including phenoxy) is 1. The van der Waals surface area contributed by atoms with Crippen molar-refractivity contribution in [1.29, 1.82) is 0 Å². The first-order chi connectivity index (χ1) is 19.4. The van der Waals surface area contributed by atoms with Crippen LogP contribution in [-0.4, -0.2) is 50.9 Å². The second-order valence-electron chi connectivity index (χ2n) is 10.1. The molecule has 0 saturated carbocycles. The first-order valence-electron chi connectivity index (χ1n) is 13.5. The highest BCUT2D eigenvalue weighted by Gasteiger charge is 2.34. The van der Waals surface area contributed by atoms with Crippen LogP contribution in [0.4, 0.5) is 5.69 Å². The van der Waals surface area contributed by atoms with Crippen molar-refractivity contribution >= 4 is 39.1 Å². The lowest BCUT2D eigenvalue weighted by Crippen LogP contribution is -2.52. The number of nitrogens with zero attached hydrogens (tertiary/aromatic N) is 2. The summed E-state index contributed by atoms with van der Waals surface area (Å²) in [5.41, 5.74) is 2.79. The topological polar surface area (TPSA) is 96.0 Å². The van der Waals surface area contributed by atoms with Gasteiger partial charge in [0, 0.05) is 17.6 Å². The van der Waals surface area contributed by atoms with E-state index in [1.807, 2.05) is 52.0 Å². The number of carbonyl (C=O) groups is 2. The van der Waals surface area contributed by atoms with E-state index in [9.17, 15) is 18.0 Å². The molecule has 0 heterocycles. The Labute approximate surface area is 248 Å². The molecule has 0 aromatic heterocycles. The van der Waals surface area contributed by atoms with E-state index >= 15 is 0 Å². The molecule has 0 unspecified atom stereocenters. The van der Waals surface area contributed by atoms with Crippen molar-refractivity contribution in [3.63, 3.8) is 0 Å². The Hall–Kier alpha value is -3.56. The van der Waals surface area contributed by atoms with Crippen LogP contribution in [0.2, 0.25) is 5.02 Å². The third kappa shape index (κ3) is 7.80. The van der Waals surface area contributed by atoms with E-state index in [1.54, 1.807) is 31.2 Å². The first kappa shape index (κ1) is 32.0. The van der Waals surface area contributed by atoms with Crippen LogP contribution in [0.1, 0.15) is 43.9 Å². The zero-order valence-electron chi connectivity index (χ0n) is 24.3. The van der Waals surface area contributed by atoms with Crippen molar-refractivity contribution in [2.75, 3.05) is 18.0 Å². The summed E-state index contributed by atoms with van der Waals surface area (Å²) in [4.78, 5) is 28.8. The minimum Gasteiger partial charge on any atom is -0.495 e. The Morgan fingerprint density at radius 2 is 1.66 bits per heavy atom. The number of methoxy groups -OCH3 is 1. The Morgan fingerprint density at radius 3 is 2.27 bits per heavy atom. The maximum atomic E-state index is 14.1. The Balaban J connectivity index is 2.11. The lowest BCUT2D eigenvalue weighted by Gasteiger charge is -2.33. The van der Waals surface area contributed by atoms with Gasteiger partial charge < -0.3 is 15.0 Å². The molecule has 220 valence electrons. The number of nitrogens with one attached hydrogen (secondary N) is 1. The second-order valence-corrected chi connectivity index (χ2v) is 12.4. The number of sulfonamides is 1. The zero-order valence-corrected chi connectivity index (χ0v) is 25.9. The third-order valence-electron chi connectivity index (χ3n) is 7.07. The Bertz CT molecular complexity index is 1480. The molecule has 0 radical (unpaired) electrons. The van der Waals surface area contributed by atoms with Crippen LogP contribution < -0.4 is 14.4 Å². The van der Waals surface area contributed by atoms with E-state index in [1.165, 1.54) is 30.2 Å². The van der Waals surface area contributed by atoms with E-state index in [0.29, 0.717) is 0 Å². The highest BCUT2D eigenvalue weighted by Crippen LogP contribution is 2.35. The monoisotopic (exact) mass is 599 g/mol. The minimum absolute atomic E-state index is 0.00550. The molecule has 0 spiro atoms. The van der Waals surface area contributed by atoms with Gasteiger partial charge in [-0.1, -0.05) is 60.5 Å². The summed E-state index contributed by atoms with van der Waals surface area (Å²) < 4.78 is 34.6. The van der Waals surface area contributed by atoms with Gasteiger partial charge in [-0.3, -0.25) is 13.9 Å². The van der Waals surface area contributed by atoms with E-state index < -0.39 is 28.5 Å². The number of carbonyl (C=O) groups excluding carboxylic acids is 2. The summed E-state index contributed by atoms with van der Waals surface area (Å²) >= 11 is 6.29. The summed E-state index contributed by atoms with van der Waals surface area (Å²) in [7, 11) is -2.84. The SMILES string of the molecule is CC[C@H](C)NC(=O)[C@H](C)N(Cc1ccccc1C)C(=O)CN(c1cc(Cl)ccc1OC)S(=O)(=O)c1ccc(C)cc1. The molecule has 0 aliphatic rings. The van der Waals surface area contributed by atoms with Crippen LogP contribution in [0.5, 0.6) is 5.75 Å². The summed E-state index contributed by atoms with van der Waals surface area (Å²) in [6.07, 6.45) is 0.724. The van der Waals surface area contributed by atoms with Crippen molar-refractivity contribution in [3.05, 3.63) is 88.4 Å². The predicted octanol–water partition coefficient (Wildman–Crippen LogP) is 5.49. The van der Waals surface area contributed by atoms with Gasteiger partial charge in [-0.15, -0.1) is 0 Å². The van der Waals surface area contributed by atoms with Gasteiger partial charge in [0.25, 0.3) is 10.0 Å². The van der Waals surface area contributed by atoms with E-state index in [0.717, 1.165) is 27.4 Å². The predicted molar refractivity (Wildman–Crippen MR) is 163 cm³/mol. The highest BCUT2D eigenvalue weighted by molar-refractivity contribution is 7.92. The smallest absolute Gasteiger partial charge is 0.264 e. The van der Waals surface area contributed by atoms with Crippen molar-refractivity contribution in [3.8, 4) is 5.75 Å². The van der Waals surface area contributed by atoms with Crippen LogP contribution in [0.3, 0.4) is 0 Å². The fourth-order valence-electron chi connectivity index (χ4n) is 4.23. The lowest BCUT2D eigenvalue weighted by molar-refractivity contribution is -0.139. The fraction of sp³-hybridized carbons (Fsp3) is 0.355. The molecule has 8 nitrogen and oxygen atoms in total. The molecular formula is C31H38ClN3O5S. The minimum atomic E-state index is -4.25. The number of rotatable bonds is 12. The molecule has 3 rings (SSSR count). The van der Waals surface area contributed by atoms with Gasteiger partial charge in [0.2, 0.25) is 11.8 Å². The summed E-state index contributed by atoms with van der Waals surface area (Å²) in [5.74, 6) is -0.654. The van der Waals surface area contributed by atoms with Gasteiger partial charge >= 0.3 is 0 Å². The molecular weight excluding hydrogens is 562 g/mol. The quantitative estimate of drug-likeness (QED) is 0.297. The largest absolute Gasteiger partial charge is 0.495 e. The van der Waals surface area contributed by atoms with Gasteiger partial charge in [0.15, 0.2) is 0 Å². The molecule has 0 fully saturated rings. The van der Waals surface area contributed by atoms with Gasteiger partial charge in [0.1, 0.15) is 18.3 Å². The molecule has 0 saturated heterocycles. The van der Waals surface area contributed by atoms with Gasteiger partial charge in [-0.05, 0) is 75.6 Å². The average molecular weight is 600 g/mol. The highest BCUT2D eigenvalue weighted by atomic mass is 35.5. The molecule has 41 heavy (non-hydrogen) atoms. The van der Waals surface area contributed by atoms with Crippen molar-refractivity contribution < 1.29 is 22.7 Å². The van der Waals surface area contributed by atoms with Crippen molar-refractivity contribution in [2.24, 2.45) is 0 Å². The molecule has 0 aliphatic carbocycles. The molecule has 2 amide bonds. The number of hydrogen-bond acceptors (Lipinski definition) is 5. The third-order valence-corrected chi connectivity index (χ3v) is 9.08. The Kier molecular flexibility index (Phi) is 10.8. The summed E-state index contributed by atoms with van der Waals surface area (Å²) in [5, 5.41) is 3.21. The molecule has 0 bridgehead atoms. The zero-order chi connectivity index (χ0) is 30.3. The van der Waals surface area contributed by atoms with Crippen molar-refractivity contribution in [1.82, 2.24) is 10.2 Å². The molecule has 3 aromatic carbocycles. The Morgan fingerprint density at radius 1 is 1.00 bits per heavy atom. The maximum Gasteiger partial charge on any atom is 0.264 e. The number of amides is 2. The second kappa shape index (κ2) is 13.9. The first-order valence-corrected chi connectivity index (χ1v) is 15.3. The summed E-state index contributed by atoms with van der Waals surface area (Å²) in [6, 6.07) is 17.5. The van der Waals surface area contributed by atoms with Crippen molar-refractivity contribution in [2.45, 2.75) is 64.6 Å². The number of halogens is 1. The van der Waals surface area contributed by atoms with Crippen LogP contribution >= 0.6 is 11.6 Å². The molecule has 2 atom stereocenters. The maximum absolute atomic E-state index is 14.1. The number of anilines is 1. The van der Waals surface area contributed by atoms with Crippen LogP contribution in [0, 0.1) is 13.8 Å². The van der Waals surface area contributed by atoms with E-state index in [-0.39, 0.29) is 39.8 Å². The summed E-state index contributed by atoms with van der Waals surface area (Å²) in [6.45, 7) is 8.80. The van der Waals surface area contributed by atoms with E-state index in [2.05, 4.69) is 5.32 Å². The van der Waals surface area contributed by atoms with Gasteiger partial charge in [0.05, 0.1) is 17.7 Å². The number of benzene rings is 3. The number of aryl methyl sites for hydroxylation is 2.